The topological polar surface area (TPSA) is 81.1 Å². The van der Waals surface area contributed by atoms with Crippen molar-refractivity contribution in [1.82, 2.24) is 9.88 Å². The lowest BCUT2D eigenvalue weighted by atomic mass is 10.1. The molecule has 1 saturated heterocycles. The van der Waals surface area contributed by atoms with Crippen molar-refractivity contribution in [2.45, 2.75) is 66.6 Å². The van der Waals surface area contributed by atoms with Gasteiger partial charge in [0, 0.05) is 36.0 Å². The van der Waals surface area contributed by atoms with Crippen molar-refractivity contribution < 1.29 is 24.1 Å². The van der Waals surface area contributed by atoms with E-state index in [1.807, 2.05) is 103 Å². The second kappa shape index (κ2) is 16.8. The van der Waals surface area contributed by atoms with E-state index in [-0.39, 0.29) is 18.1 Å². The van der Waals surface area contributed by atoms with E-state index in [2.05, 4.69) is 12.6 Å². The lowest BCUT2D eigenvalue weighted by molar-refractivity contribution is 0.0276. The molecule has 1 fully saturated rings. The fourth-order valence-corrected chi connectivity index (χ4v) is 3.65. The molecule has 210 valence electrons. The number of carbonyl (C=O) groups is 1. The van der Waals surface area contributed by atoms with E-state index in [0.717, 1.165) is 40.1 Å². The van der Waals surface area contributed by atoms with Crippen LogP contribution >= 0.6 is 12.6 Å². The maximum absolute atomic E-state index is 12.4. The van der Waals surface area contributed by atoms with Gasteiger partial charge in [0.1, 0.15) is 23.2 Å². The molecule has 38 heavy (non-hydrogen) atoms. The third-order valence-electron chi connectivity index (χ3n) is 5.14. The van der Waals surface area contributed by atoms with Crippen LogP contribution in [0.25, 0.3) is 22.2 Å². The van der Waals surface area contributed by atoms with E-state index in [1.54, 1.807) is 12.0 Å². The Kier molecular flexibility index (Phi) is 14.6. The quantitative estimate of drug-likeness (QED) is 0.267. The number of benzene rings is 2. The summed E-state index contributed by atoms with van der Waals surface area (Å²) in [4.78, 5) is 18.9. The summed E-state index contributed by atoms with van der Waals surface area (Å²) in [5.41, 5.74) is 2.14. The SMILES string of the molecule is CC.CC.COc1ccc2c(O[C@@H]3CCN(C(=O)OC(C)(C)C)C3)cc(-c3ccccc3)nc2c1.OCS. The maximum atomic E-state index is 12.4. The van der Waals surface area contributed by atoms with Gasteiger partial charge >= 0.3 is 6.09 Å². The summed E-state index contributed by atoms with van der Waals surface area (Å²) in [6.07, 6.45) is 0.344. The Morgan fingerprint density at radius 1 is 1.08 bits per heavy atom. The zero-order valence-corrected chi connectivity index (χ0v) is 24.9. The van der Waals surface area contributed by atoms with Gasteiger partial charge in [-0.05, 0) is 32.9 Å². The van der Waals surface area contributed by atoms with Crippen LogP contribution in [0, 0.1) is 0 Å². The third-order valence-corrected chi connectivity index (χ3v) is 5.14. The van der Waals surface area contributed by atoms with Crippen LogP contribution in [-0.2, 0) is 4.74 Å². The summed E-state index contributed by atoms with van der Waals surface area (Å²) in [6.45, 7) is 14.7. The first-order valence-corrected chi connectivity index (χ1v) is 13.8. The maximum Gasteiger partial charge on any atom is 0.410 e. The first kappa shape index (κ1) is 33.1. The molecule has 0 radical (unpaired) electrons. The minimum absolute atomic E-state index is 0.0556. The lowest BCUT2D eigenvalue weighted by Gasteiger charge is -2.24. The van der Waals surface area contributed by atoms with Crippen LogP contribution in [0.5, 0.6) is 11.5 Å². The summed E-state index contributed by atoms with van der Waals surface area (Å²) in [6, 6.07) is 17.8. The van der Waals surface area contributed by atoms with E-state index in [0.29, 0.717) is 13.1 Å². The number of pyridine rings is 1. The van der Waals surface area contributed by atoms with Crippen LogP contribution in [-0.4, -0.2) is 58.9 Å². The molecule has 8 heteroatoms. The number of aliphatic hydroxyl groups is 1. The van der Waals surface area contributed by atoms with Crippen molar-refractivity contribution in [3.8, 4) is 22.8 Å². The van der Waals surface area contributed by atoms with Crippen LogP contribution in [0.15, 0.2) is 54.6 Å². The Morgan fingerprint density at radius 3 is 2.29 bits per heavy atom. The van der Waals surface area contributed by atoms with Crippen LogP contribution in [0.1, 0.15) is 54.9 Å². The van der Waals surface area contributed by atoms with E-state index in [9.17, 15) is 4.79 Å². The van der Waals surface area contributed by atoms with Gasteiger partial charge in [0.05, 0.1) is 30.8 Å². The molecule has 0 aliphatic carbocycles. The Bertz CT molecular complexity index is 1100. The minimum atomic E-state index is -0.513. The first-order valence-electron chi connectivity index (χ1n) is 13.1. The highest BCUT2D eigenvalue weighted by molar-refractivity contribution is 7.80. The molecule has 7 nitrogen and oxygen atoms in total. The monoisotopic (exact) mass is 544 g/mol. The molecule has 0 spiro atoms. The highest BCUT2D eigenvalue weighted by atomic mass is 32.1. The lowest BCUT2D eigenvalue weighted by Crippen LogP contribution is -2.36. The summed E-state index contributed by atoms with van der Waals surface area (Å²) in [5.74, 6) is 1.44. The Hall–Kier alpha value is -2.97. The molecule has 3 aromatic rings. The zero-order valence-electron chi connectivity index (χ0n) is 24.0. The average molecular weight is 545 g/mol. The Labute approximate surface area is 233 Å². The van der Waals surface area contributed by atoms with Crippen molar-refractivity contribution in [3.05, 3.63) is 54.6 Å². The number of methoxy groups -OCH3 is 1. The molecule has 1 atom stereocenters. The van der Waals surface area contributed by atoms with E-state index < -0.39 is 5.60 Å². The second-order valence-corrected chi connectivity index (χ2v) is 9.13. The molecule has 2 aromatic carbocycles. The van der Waals surface area contributed by atoms with Crippen LogP contribution < -0.4 is 9.47 Å². The highest BCUT2D eigenvalue weighted by Crippen LogP contribution is 2.33. The number of rotatable bonds is 4. The van der Waals surface area contributed by atoms with Gasteiger partial charge in [0.25, 0.3) is 0 Å². The molecule has 0 unspecified atom stereocenters. The smallest absolute Gasteiger partial charge is 0.410 e. The van der Waals surface area contributed by atoms with E-state index >= 15 is 0 Å². The van der Waals surface area contributed by atoms with Gasteiger partial charge in [-0.15, -0.1) is 0 Å². The Balaban J connectivity index is 0.000000944. The molecule has 1 amide bonds. The number of hydrogen-bond acceptors (Lipinski definition) is 7. The van der Waals surface area contributed by atoms with Gasteiger partial charge in [-0.25, -0.2) is 9.78 Å². The predicted molar refractivity (Wildman–Crippen MR) is 159 cm³/mol. The summed E-state index contributed by atoms with van der Waals surface area (Å²) >= 11 is 3.34. The largest absolute Gasteiger partial charge is 0.497 e. The predicted octanol–water partition coefficient (Wildman–Crippen LogP) is 7.22. The highest BCUT2D eigenvalue weighted by Gasteiger charge is 2.31. The fourth-order valence-electron chi connectivity index (χ4n) is 3.65. The number of aromatic nitrogens is 1. The molecule has 1 aliphatic heterocycles. The summed E-state index contributed by atoms with van der Waals surface area (Å²) in [7, 11) is 1.64. The summed E-state index contributed by atoms with van der Waals surface area (Å²) in [5, 5.41) is 8.35. The van der Waals surface area contributed by atoms with Crippen molar-refractivity contribution in [2.75, 3.05) is 26.1 Å². The number of thiol groups is 1. The molecule has 0 saturated carbocycles. The van der Waals surface area contributed by atoms with Crippen molar-refractivity contribution >= 4 is 29.6 Å². The first-order chi connectivity index (χ1) is 18.2. The second-order valence-electron chi connectivity index (χ2n) is 8.85. The van der Waals surface area contributed by atoms with Gasteiger partial charge < -0.3 is 24.2 Å². The molecule has 0 bridgehead atoms. The molecule has 4 rings (SSSR count). The number of amides is 1. The molecule has 1 aliphatic rings. The van der Waals surface area contributed by atoms with Crippen LogP contribution in [0.2, 0.25) is 0 Å². The van der Waals surface area contributed by atoms with Crippen LogP contribution in [0.3, 0.4) is 0 Å². The molecular weight excluding hydrogens is 500 g/mol. The standard InChI is InChI=1S/C25H28N2O4.2C2H6.CH4OS/c1-25(2,3)31-24(28)27-13-12-19(16-27)30-23-15-21(17-8-6-5-7-9-17)26-22-14-18(29-4)10-11-20(22)23;2*1-2;2-1-3/h5-11,14-15,19H,12-13,16H2,1-4H3;2*1-2H3;2-3H,1H2/t19-;;;/m1.../s1. The molecule has 2 heterocycles. The molecule has 1 N–H and O–H groups in total. The van der Waals surface area contributed by atoms with Crippen molar-refractivity contribution in [3.63, 3.8) is 0 Å². The minimum Gasteiger partial charge on any atom is -0.497 e. The van der Waals surface area contributed by atoms with E-state index in [1.165, 1.54) is 0 Å². The van der Waals surface area contributed by atoms with Gasteiger partial charge in [0.2, 0.25) is 0 Å². The Morgan fingerprint density at radius 2 is 1.71 bits per heavy atom. The number of aliphatic hydroxyl groups excluding tert-OH is 1. The van der Waals surface area contributed by atoms with Crippen molar-refractivity contribution in [1.29, 1.82) is 0 Å². The van der Waals surface area contributed by atoms with Gasteiger partial charge in [-0.2, -0.15) is 12.6 Å². The normalized spacial score (nSPS) is 14.2. The number of hydrogen-bond donors (Lipinski definition) is 2. The van der Waals surface area contributed by atoms with Gasteiger partial charge in [-0.1, -0.05) is 58.0 Å². The number of ether oxygens (including phenoxy) is 3. The molecule has 1 aromatic heterocycles. The average Bonchev–Trinajstić information content (AvgIpc) is 3.39. The van der Waals surface area contributed by atoms with E-state index in [4.69, 9.17) is 24.3 Å². The van der Waals surface area contributed by atoms with Crippen LogP contribution in [0.4, 0.5) is 4.79 Å². The fraction of sp³-hybridized carbons (Fsp3) is 0.467. The number of nitrogens with zero attached hydrogens (tertiary/aromatic N) is 2. The number of likely N-dealkylation sites (tertiary alicyclic amines) is 1. The summed E-state index contributed by atoms with van der Waals surface area (Å²) < 4.78 is 17.3. The number of fused-ring (bicyclic) bond motifs is 1. The van der Waals surface area contributed by atoms with Gasteiger partial charge in [-0.3, -0.25) is 0 Å². The number of carbonyl (C=O) groups excluding carboxylic acids is 1. The van der Waals surface area contributed by atoms with Crippen molar-refractivity contribution in [2.24, 2.45) is 0 Å². The van der Waals surface area contributed by atoms with Gasteiger partial charge in [0.15, 0.2) is 0 Å². The zero-order chi connectivity index (χ0) is 28.7. The third kappa shape index (κ3) is 10.1. The molecular formula is C30H44N2O5S.